The second-order valence-electron chi connectivity index (χ2n) is 3.20. The summed E-state index contributed by atoms with van der Waals surface area (Å²) in [5.41, 5.74) is 1.44. The normalized spacial score (nSPS) is 13.6. The van der Waals surface area contributed by atoms with Crippen molar-refractivity contribution < 1.29 is 9.53 Å². The van der Waals surface area contributed by atoms with Crippen LogP contribution in [0.5, 0.6) is 0 Å². The summed E-state index contributed by atoms with van der Waals surface area (Å²) in [5.74, 6) is 0.0779. The van der Waals surface area contributed by atoms with Crippen molar-refractivity contribution in [3.05, 3.63) is 11.6 Å². The van der Waals surface area contributed by atoms with E-state index in [1.807, 2.05) is 20.8 Å². The van der Waals surface area contributed by atoms with Gasteiger partial charge >= 0.3 is 5.97 Å². The topological polar surface area (TPSA) is 26.3 Å². The van der Waals surface area contributed by atoms with E-state index in [-0.39, 0.29) is 17.8 Å². The summed E-state index contributed by atoms with van der Waals surface area (Å²) in [5, 5.41) is 0. The average molecular weight is 205 g/mol. The molecule has 2 nitrogen and oxygen atoms in total. The highest BCUT2D eigenvalue weighted by atomic mass is 35.5. The van der Waals surface area contributed by atoms with Crippen molar-refractivity contribution in [2.45, 2.75) is 27.2 Å². The van der Waals surface area contributed by atoms with Gasteiger partial charge in [0.1, 0.15) is 0 Å². The summed E-state index contributed by atoms with van der Waals surface area (Å²) in [4.78, 5) is 11.4. The zero-order valence-electron chi connectivity index (χ0n) is 8.42. The lowest BCUT2D eigenvalue weighted by atomic mass is 9.93. The van der Waals surface area contributed by atoms with E-state index in [2.05, 4.69) is 0 Å². The highest BCUT2D eigenvalue weighted by Gasteiger charge is 2.21. The van der Waals surface area contributed by atoms with Gasteiger partial charge in [-0.1, -0.05) is 31.5 Å². The predicted molar refractivity (Wildman–Crippen MR) is 54.6 cm³/mol. The molecule has 0 aromatic carbocycles. The zero-order valence-corrected chi connectivity index (χ0v) is 9.17. The molecule has 0 N–H and O–H groups in total. The molecule has 0 spiro atoms. The summed E-state index contributed by atoms with van der Waals surface area (Å²) in [6.45, 7) is 6.26. The molecular weight excluding hydrogens is 188 g/mol. The lowest BCUT2D eigenvalue weighted by Gasteiger charge is -2.16. The van der Waals surface area contributed by atoms with E-state index in [9.17, 15) is 4.79 Å². The molecule has 0 aliphatic heterocycles. The highest BCUT2D eigenvalue weighted by molar-refractivity contribution is 6.25. The van der Waals surface area contributed by atoms with Crippen LogP contribution in [-0.2, 0) is 9.53 Å². The van der Waals surface area contributed by atoms with Crippen LogP contribution in [0.15, 0.2) is 11.6 Å². The molecule has 0 aromatic rings. The van der Waals surface area contributed by atoms with E-state index >= 15 is 0 Å². The Morgan fingerprint density at radius 1 is 1.54 bits per heavy atom. The molecule has 0 aliphatic carbocycles. The Morgan fingerprint density at radius 2 is 2.15 bits per heavy atom. The van der Waals surface area contributed by atoms with Gasteiger partial charge in [0.25, 0.3) is 0 Å². The van der Waals surface area contributed by atoms with Crippen molar-refractivity contribution >= 4 is 17.6 Å². The first-order chi connectivity index (χ1) is 6.13. The Hall–Kier alpha value is -0.500. The van der Waals surface area contributed by atoms with Gasteiger partial charge in [0.2, 0.25) is 0 Å². The molecule has 0 radical (unpaired) electrons. The molecule has 0 unspecified atom stereocenters. The quantitative estimate of drug-likeness (QED) is 0.644. The summed E-state index contributed by atoms with van der Waals surface area (Å²) < 4.78 is 4.95. The van der Waals surface area contributed by atoms with Crippen LogP contribution in [0.1, 0.15) is 27.2 Å². The number of hydrogen-bond acceptors (Lipinski definition) is 2. The number of hydrogen-bond donors (Lipinski definition) is 0. The lowest BCUT2D eigenvalue weighted by molar-refractivity contribution is -0.149. The van der Waals surface area contributed by atoms with Gasteiger partial charge in [-0.15, -0.1) is 0 Å². The molecule has 0 amide bonds. The minimum atomic E-state index is -0.132. The van der Waals surface area contributed by atoms with Gasteiger partial charge in [-0.05, 0) is 19.3 Å². The largest absolute Gasteiger partial charge is 0.466 e. The van der Waals surface area contributed by atoms with E-state index in [1.54, 1.807) is 6.08 Å². The maximum absolute atomic E-state index is 11.4. The molecular formula is C10H17ClO2. The Labute approximate surface area is 84.9 Å². The molecule has 0 saturated heterocycles. The first kappa shape index (κ1) is 12.5. The van der Waals surface area contributed by atoms with Crippen molar-refractivity contribution in [3.8, 4) is 0 Å². The van der Waals surface area contributed by atoms with Gasteiger partial charge in [-0.3, -0.25) is 4.79 Å². The van der Waals surface area contributed by atoms with E-state index in [0.717, 1.165) is 0 Å². The molecule has 3 heteroatoms. The monoisotopic (exact) mass is 204 g/mol. The van der Waals surface area contributed by atoms with Crippen molar-refractivity contribution in [1.82, 2.24) is 0 Å². The molecule has 0 aromatic heterocycles. The fraction of sp³-hybridized carbons (Fsp3) is 0.700. The van der Waals surface area contributed by atoms with Crippen LogP contribution in [0.4, 0.5) is 0 Å². The zero-order chi connectivity index (χ0) is 10.3. The fourth-order valence-electron chi connectivity index (χ4n) is 1.09. The average Bonchev–Trinajstić information content (AvgIpc) is 2.05. The van der Waals surface area contributed by atoms with Crippen LogP contribution in [0.2, 0.25) is 0 Å². The SMILES string of the molecule is CCOC(=O)[C@@H](CC=CCl)C(C)C. The van der Waals surface area contributed by atoms with Crippen molar-refractivity contribution in [3.63, 3.8) is 0 Å². The molecule has 0 heterocycles. The Morgan fingerprint density at radius 3 is 2.54 bits per heavy atom. The number of carbonyl (C=O) groups is 1. The van der Waals surface area contributed by atoms with E-state index in [4.69, 9.17) is 16.3 Å². The van der Waals surface area contributed by atoms with Crippen molar-refractivity contribution in [2.24, 2.45) is 11.8 Å². The van der Waals surface area contributed by atoms with Gasteiger partial charge < -0.3 is 4.74 Å². The molecule has 0 bridgehead atoms. The summed E-state index contributed by atoms with van der Waals surface area (Å²) in [6, 6.07) is 0. The van der Waals surface area contributed by atoms with Gasteiger partial charge in [-0.2, -0.15) is 0 Å². The molecule has 0 aliphatic rings. The highest BCUT2D eigenvalue weighted by Crippen LogP contribution is 2.17. The number of halogens is 1. The smallest absolute Gasteiger partial charge is 0.309 e. The standard InChI is InChI=1S/C10H17ClO2/c1-4-13-10(12)9(8(2)3)6-5-7-11/h5,7-9H,4,6H2,1-3H3/t9-/m0/s1. The first-order valence-corrected chi connectivity index (χ1v) is 4.99. The van der Waals surface area contributed by atoms with Crippen LogP contribution < -0.4 is 0 Å². The number of esters is 1. The number of ether oxygens (including phenoxy) is 1. The molecule has 13 heavy (non-hydrogen) atoms. The van der Waals surface area contributed by atoms with Crippen LogP contribution >= 0.6 is 11.6 Å². The number of allylic oxidation sites excluding steroid dienone is 1. The van der Waals surface area contributed by atoms with Crippen LogP contribution in [0.25, 0.3) is 0 Å². The van der Waals surface area contributed by atoms with Crippen molar-refractivity contribution in [2.75, 3.05) is 6.61 Å². The molecule has 1 atom stereocenters. The third-order valence-corrected chi connectivity index (χ3v) is 2.05. The Balaban J connectivity index is 4.15. The van der Waals surface area contributed by atoms with E-state index in [1.165, 1.54) is 5.54 Å². The maximum atomic E-state index is 11.4. The Kier molecular flexibility index (Phi) is 6.69. The van der Waals surface area contributed by atoms with Gasteiger partial charge in [-0.25, -0.2) is 0 Å². The van der Waals surface area contributed by atoms with Crippen LogP contribution in [-0.4, -0.2) is 12.6 Å². The second kappa shape index (κ2) is 6.96. The summed E-state index contributed by atoms with van der Waals surface area (Å²) in [6.07, 6.45) is 2.43. The Bertz CT molecular complexity index is 176. The van der Waals surface area contributed by atoms with Crippen molar-refractivity contribution in [1.29, 1.82) is 0 Å². The number of rotatable bonds is 5. The minimum Gasteiger partial charge on any atom is -0.466 e. The third kappa shape index (κ3) is 4.94. The van der Waals surface area contributed by atoms with Gasteiger partial charge in [0, 0.05) is 5.54 Å². The molecule has 76 valence electrons. The maximum Gasteiger partial charge on any atom is 0.309 e. The van der Waals surface area contributed by atoms with Gasteiger partial charge in [0.05, 0.1) is 12.5 Å². The predicted octanol–water partition coefficient (Wildman–Crippen LogP) is 2.96. The second-order valence-corrected chi connectivity index (χ2v) is 3.45. The molecule has 0 rings (SSSR count). The van der Waals surface area contributed by atoms with E-state index < -0.39 is 0 Å². The minimum absolute atomic E-state index is 0.0741. The molecule has 0 saturated carbocycles. The van der Waals surface area contributed by atoms with Crippen LogP contribution in [0.3, 0.4) is 0 Å². The number of carbonyl (C=O) groups excluding carboxylic acids is 1. The lowest BCUT2D eigenvalue weighted by Crippen LogP contribution is -2.22. The summed E-state index contributed by atoms with van der Waals surface area (Å²) >= 11 is 5.40. The van der Waals surface area contributed by atoms with Gasteiger partial charge in [0.15, 0.2) is 0 Å². The summed E-state index contributed by atoms with van der Waals surface area (Å²) in [7, 11) is 0. The first-order valence-electron chi connectivity index (χ1n) is 4.55. The third-order valence-electron chi connectivity index (χ3n) is 1.87. The molecule has 0 fully saturated rings. The fourth-order valence-corrected chi connectivity index (χ4v) is 1.19. The van der Waals surface area contributed by atoms with E-state index in [0.29, 0.717) is 13.0 Å². The van der Waals surface area contributed by atoms with Crippen LogP contribution in [0, 0.1) is 11.8 Å².